The fourth-order valence-electron chi connectivity index (χ4n) is 2.90. The van der Waals surface area contributed by atoms with Crippen LogP contribution in [0.15, 0.2) is 36.4 Å². The number of allylic oxidation sites excluding steroid dienone is 2. The summed E-state index contributed by atoms with van der Waals surface area (Å²) in [6.45, 7) is -0.304. The first kappa shape index (κ1) is 14.4. The molecule has 2 atom stereocenters. The van der Waals surface area contributed by atoms with E-state index in [4.69, 9.17) is 0 Å². The van der Waals surface area contributed by atoms with Crippen LogP contribution in [0.2, 0.25) is 0 Å². The Morgan fingerprint density at radius 3 is 2.18 bits per heavy atom. The van der Waals surface area contributed by atoms with Crippen LogP contribution < -0.4 is 5.32 Å². The molecule has 0 aromatic heterocycles. The number of nitrogens with one attached hydrogen (secondary N) is 1. The summed E-state index contributed by atoms with van der Waals surface area (Å²) in [5.74, 6) is -2.12. The molecule has 1 fully saturated rings. The molecule has 2 unspecified atom stereocenters. The Hall–Kier alpha value is -2.50. The van der Waals surface area contributed by atoms with Crippen molar-refractivity contribution in [3.05, 3.63) is 42.2 Å². The van der Waals surface area contributed by atoms with Crippen molar-refractivity contribution in [2.75, 3.05) is 11.9 Å². The SMILES string of the molecule is O=C(CN1C(=O)C2CC=CCC2C1=O)Nc1ccc(F)cc1. The number of nitrogens with zero attached hydrogens (tertiary/aromatic N) is 1. The molecule has 1 heterocycles. The van der Waals surface area contributed by atoms with Gasteiger partial charge in [-0.3, -0.25) is 19.3 Å². The predicted molar refractivity (Wildman–Crippen MR) is 77.1 cm³/mol. The Bertz CT molecular complexity index is 628. The molecule has 1 aromatic carbocycles. The summed E-state index contributed by atoms with van der Waals surface area (Å²) in [6.07, 6.45) is 4.89. The fraction of sp³-hybridized carbons (Fsp3) is 0.312. The number of rotatable bonds is 3. The Labute approximate surface area is 126 Å². The van der Waals surface area contributed by atoms with Gasteiger partial charge >= 0.3 is 0 Å². The van der Waals surface area contributed by atoms with Crippen LogP contribution in [0, 0.1) is 17.7 Å². The lowest BCUT2D eigenvalue weighted by atomic mass is 9.85. The second-order valence-electron chi connectivity index (χ2n) is 5.47. The average molecular weight is 302 g/mol. The van der Waals surface area contributed by atoms with Crippen molar-refractivity contribution in [1.29, 1.82) is 0 Å². The van der Waals surface area contributed by atoms with E-state index in [0.29, 0.717) is 18.5 Å². The lowest BCUT2D eigenvalue weighted by Crippen LogP contribution is -2.38. The first-order valence-electron chi connectivity index (χ1n) is 7.12. The molecule has 0 saturated carbocycles. The van der Waals surface area contributed by atoms with Crippen LogP contribution in [0.25, 0.3) is 0 Å². The van der Waals surface area contributed by atoms with E-state index in [1.165, 1.54) is 24.3 Å². The number of fused-ring (bicyclic) bond motifs is 1. The molecule has 3 amide bonds. The summed E-state index contributed by atoms with van der Waals surface area (Å²) in [5.41, 5.74) is 0.421. The zero-order valence-electron chi connectivity index (χ0n) is 11.8. The zero-order valence-corrected chi connectivity index (χ0v) is 11.8. The number of hydrogen-bond donors (Lipinski definition) is 1. The smallest absolute Gasteiger partial charge is 0.244 e. The molecule has 114 valence electrons. The Balaban J connectivity index is 1.65. The quantitative estimate of drug-likeness (QED) is 0.683. The third-order valence-electron chi connectivity index (χ3n) is 4.03. The molecule has 5 nitrogen and oxygen atoms in total. The second-order valence-corrected chi connectivity index (χ2v) is 5.47. The molecule has 1 saturated heterocycles. The molecule has 0 radical (unpaired) electrons. The first-order valence-corrected chi connectivity index (χ1v) is 7.12. The maximum absolute atomic E-state index is 12.8. The molecule has 1 aromatic rings. The van der Waals surface area contributed by atoms with Gasteiger partial charge in [0.15, 0.2) is 0 Å². The molecular formula is C16H15FN2O3. The van der Waals surface area contributed by atoms with Crippen molar-refractivity contribution in [2.24, 2.45) is 11.8 Å². The van der Waals surface area contributed by atoms with Crippen LogP contribution in [-0.2, 0) is 14.4 Å². The fourth-order valence-corrected chi connectivity index (χ4v) is 2.90. The van der Waals surface area contributed by atoms with Crippen molar-refractivity contribution in [3.8, 4) is 0 Å². The van der Waals surface area contributed by atoms with Gasteiger partial charge in [0.25, 0.3) is 0 Å². The molecule has 22 heavy (non-hydrogen) atoms. The molecule has 0 spiro atoms. The van der Waals surface area contributed by atoms with Gasteiger partial charge in [0.05, 0.1) is 11.8 Å². The Kier molecular flexibility index (Phi) is 3.75. The van der Waals surface area contributed by atoms with Crippen LogP contribution in [0.1, 0.15) is 12.8 Å². The molecule has 6 heteroatoms. The van der Waals surface area contributed by atoms with E-state index in [-0.39, 0.29) is 30.2 Å². The molecular weight excluding hydrogens is 287 g/mol. The van der Waals surface area contributed by atoms with Crippen LogP contribution in [0.5, 0.6) is 0 Å². The summed E-state index contributed by atoms with van der Waals surface area (Å²) >= 11 is 0. The van der Waals surface area contributed by atoms with Gasteiger partial charge in [-0.25, -0.2) is 4.39 Å². The highest BCUT2D eigenvalue weighted by molar-refractivity contribution is 6.08. The minimum Gasteiger partial charge on any atom is -0.325 e. The lowest BCUT2D eigenvalue weighted by molar-refractivity contribution is -0.142. The van der Waals surface area contributed by atoms with E-state index < -0.39 is 11.7 Å². The summed E-state index contributed by atoms with van der Waals surface area (Å²) in [7, 11) is 0. The summed E-state index contributed by atoms with van der Waals surface area (Å²) < 4.78 is 12.8. The van der Waals surface area contributed by atoms with Crippen molar-refractivity contribution in [3.63, 3.8) is 0 Å². The minimum absolute atomic E-state index is 0.284. The van der Waals surface area contributed by atoms with E-state index >= 15 is 0 Å². The number of benzene rings is 1. The Morgan fingerprint density at radius 2 is 1.64 bits per heavy atom. The summed E-state index contributed by atoms with van der Waals surface area (Å²) in [6, 6.07) is 5.29. The van der Waals surface area contributed by atoms with Gasteiger partial charge < -0.3 is 5.32 Å². The molecule has 3 rings (SSSR count). The third kappa shape index (κ3) is 2.64. The zero-order chi connectivity index (χ0) is 15.7. The van der Waals surface area contributed by atoms with Gasteiger partial charge in [0, 0.05) is 5.69 Å². The third-order valence-corrected chi connectivity index (χ3v) is 4.03. The van der Waals surface area contributed by atoms with Crippen molar-refractivity contribution in [1.82, 2.24) is 4.90 Å². The second kappa shape index (κ2) is 5.71. The van der Waals surface area contributed by atoms with Gasteiger partial charge in [0.1, 0.15) is 12.4 Å². The molecule has 1 aliphatic carbocycles. The topological polar surface area (TPSA) is 66.5 Å². The molecule has 2 aliphatic rings. The number of imide groups is 1. The van der Waals surface area contributed by atoms with E-state index in [0.717, 1.165) is 4.90 Å². The van der Waals surface area contributed by atoms with Crippen molar-refractivity contribution < 1.29 is 18.8 Å². The monoisotopic (exact) mass is 302 g/mol. The minimum atomic E-state index is -0.472. The highest BCUT2D eigenvalue weighted by Crippen LogP contribution is 2.34. The number of anilines is 1. The highest BCUT2D eigenvalue weighted by Gasteiger charge is 2.47. The van der Waals surface area contributed by atoms with Gasteiger partial charge in [-0.2, -0.15) is 0 Å². The number of halogens is 1. The summed E-state index contributed by atoms with van der Waals surface area (Å²) in [4.78, 5) is 37.5. The number of amides is 3. The van der Waals surface area contributed by atoms with Crippen LogP contribution >= 0.6 is 0 Å². The molecule has 0 bridgehead atoms. The Morgan fingerprint density at radius 1 is 1.09 bits per heavy atom. The van der Waals surface area contributed by atoms with Crippen molar-refractivity contribution >= 4 is 23.4 Å². The predicted octanol–water partition coefficient (Wildman–Crippen LogP) is 1.72. The van der Waals surface area contributed by atoms with Crippen LogP contribution in [0.3, 0.4) is 0 Å². The number of carbonyl (C=O) groups is 3. The molecule has 1 N–H and O–H groups in total. The van der Waals surface area contributed by atoms with Gasteiger partial charge in [-0.05, 0) is 37.1 Å². The number of hydrogen-bond acceptors (Lipinski definition) is 3. The standard InChI is InChI=1S/C16H15FN2O3/c17-10-5-7-11(8-6-10)18-14(20)9-19-15(21)12-3-1-2-4-13(12)16(19)22/h1-2,5-8,12-13H,3-4,9H2,(H,18,20). The van der Waals surface area contributed by atoms with Gasteiger partial charge in [0.2, 0.25) is 17.7 Å². The van der Waals surface area contributed by atoms with E-state index in [1.54, 1.807) is 0 Å². The normalized spacial score (nSPS) is 23.6. The maximum atomic E-state index is 12.8. The van der Waals surface area contributed by atoms with E-state index in [1.807, 2.05) is 12.2 Å². The van der Waals surface area contributed by atoms with Crippen LogP contribution in [-0.4, -0.2) is 29.2 Å². The average Bonchev–Trinajstić information content (AvgIpc) is 2.75. The molecule has 1 aliphatic heterocycles. The first-order chi connectivity index (χ1) is 10.6. The highest BCUT2D eigenvalue weighted by atomic mass is 19.1. The lowest BCUT2D eigenvalue weighted by Gasteiger charge is -2.14. The van der Waals surface area contributed by atoms with Gasteiger partial charge in [-0.15, -0.1) is 0 Å². The van der Waals surface area contributed by atoms with Crippen molar-refractivity contribution in [2.45, 2.75) is 12.8 Å². The summed E-state index contributed by atoms with van der Waals surface area (Å²) in [5, 5.41) is 2.55. The van der Waals surface area contributed by atoms with E-state index in [2.05, 4.69) is 5.32 Å². The number of carbonyl (C=O) groups excluding carboxylic acids is 3. The largest absolute Gasteiger partial charge is 0.325 e. The van der Waals surface area contributed by atoms with Gasteiger partial charge in [-0.1, -0.05) is 12.2 Å². The number of likely N-dealkylation sites (tertiary alicyclic amines) is 1. The maximum Gasteiger partial charge on any atom is 0.244 e. The van der Waals surface area contributed by atoms with E-state index in [9.17, 15) is 18.8 Å². The van der Waals surface area contributed by atoms with Crippen LogP contribution in [0.4, 0.5) is 10.1 Å².